The maximum absolute atomic E-state index is 12.9. The molecule has 0 atom stereocenters. The fourth-order valence-electron chi connectivity index (χ4n) is 1.96. The molecule has 9 heteroatoms. The molecule has 1 aromatic carbocycles. The summed E-state index contributed by atoms with van der Waals surface area (Å²) in [6.45, 7) is 6.18. The first-order chi connectivity index (χ1) is 10.6. The molecular formula is C13H14F2N6O. The van der Waals surface area contributed by atoms with Gasteiger partial charge in [-0.1, -0.05) is 6.07 Å². The molecule has 116 valence electrons. The van der Waals surface area contributed by atoms with Crippen LogP contribution in [-0.4, -0.2) is 15.3 Å². The van der Waals surface area contributed by atoms with Crippen LogP contribution in [0.4, 0.5) is 8.78 Å². The van der Waals surface area contributed by atoms with Crippen LogP contribution in [0.2, 0.25) is 0 Å². The number of nitrogens with two attached hydrogens (primary N) is 1. The molecule has 0 saturated heterocycles. The highest BCUT2D eigenvalue weighted by molar-refractivity contribution is 5.87. The van der Waals surface area contributed by atoms with E-state index in [1.54, 1.807) is 19.1 Å². The number of fused-ring (bicyclic) bond motifs is 1. The van der Waals surface area contributed by atoms with Crippen molar-refractivity contribution < 1.29 is 8.78 Å². The monoisotopic (exact) mass is 308 g/mol. The highest BCUT2D eigenvalue weighted by Gasteiger charge is 2.18. The van der Waals surface area contributed by atoms with E-state index >= 15 is 0 Å². The Kier molecular flexibility index (Phi) is 7.58. The highest BCUT2D eigenvalue weighted by atomic mass is 19.3. The first kappa shape index (κ1) is 18.8. The van der Waals surface area contributed by atoms with Crippen LogP contribution >= 0.6 is 0 Å². The van der Waals surface area contributed by atoms with Crippen LogP contribution in [0.5, 0.6) is 0 Å². The Morgan fingerprint density at radius 1 is 1.32 bits per heavy atom. The number of alkyl halides is 2. The molecule has 2 aromatic rings. The van der Waals surface area contributed by atoms with E-state index in [2.05, 4.69) is 18.2 Å². The molecule has 0 spiro atoms. The molecule has 0 aliphatic heterocycles. The van der Waals surface area contributed by atoms with Crippen molar-refractivity contribution in [2.45, 2.75) is 20.0 Å². The Morgan fingerprint density at radius 2 is 1.91 bits per heavy atom. The fourth-order valence-corrected chi connectivity index (χ4v) is 1.96. The van der Waals surface area contributed by atoms with Crippen LogP contribution in [0.3, 0.4) is 0 Å². The van der Waals surface area contributed by atoms with Gasteiger partial charge in [-0.25, -0.2) is 19.9 Å². The number of halogens is 2. The Hall–Kier alpha value is -3.20. The quantitative estimate of drug-likeness (QED) is 0.529. The predicted molar refractivity (Wildman–Crippen MR) is 78.2 cm³/mol. The molecule has 0 amide bonds. The third-order valence-electron chi connectivity index (χ3n) is 2.72. The number of hydrazone groups is 1. The average molecular weight is 308 g/mol. The summed E-state index contributed by atoms with van der Waals surface area (Å²) in [5, 5.41) is 16.3. The van der Waals surface area contributed by atoms with E-state index in [1.807, 2.05) is 0 Å². The van der Waals surface area contributed by atoms with E-state index < -0.39 is 12.2 Å². The second-order valence-electron chi connectivity index (χ2n) is 3.70. The van der Waals surface area contributed by atoms with Crippen LogP contribution in [0.25, 0.3) is 11.0 Å². The standard InChI is InChI=1S/C11H12F2N4O.2CHN/c1-2-16-8-4-3-7(6-15-14)5-9(8)17(10(12)13)11(16)18;2*1-2/h3-6,10H,2,14H2,1H3;2*1H. The molecule has 0 saturated carbocycles. The zero-order chi connectivity index (χ0) is 17.3. The molecule has 0 unspecified atom stereocenters. The van der Waals surface area contributed by atoms with E-state index in [9.17, 15) is 13.6 Å². The minimum atomic E-state index is -2.88. The molecule has 0 aliphatic rings. The van der Waals surface area contributed by atoms with Crippen molar-refractivity contribution >= 4 is 17.2 Å². The lowest BCUT2D eigenvalue weighted by Gasteiger charge is -2.00. The van der Waals surface area contributed by atoms with Crippen molar-refractivity contribution in [1.29, 1.82) is 10.5 Å². The normalized spacial score (nSPS) is 10.0. The van der Waals surface area contributed by atoms with Gasteiger partial charge in [0.2, 0.25) is 0 Å². The summed E-state index contributed by atoms with van der Waals surface area (Å²) in [5.41, 5.74) is 0.489. The van der Waals surface area contributed by atoms with Gasteiger partial charge in [0.25, 0.3) is 0 Å². The van der Waals surface area contributed by atoms with Gasteiger partial charge in [-0.05, 0) is 24.6 Å². The van der Waals surface area contributed by atoms with Gasteiger partial charge in [-0.2, -0.15) is 13.9 Å². The maximum atomic E-state index is 12.9. The Bertz CT molecular complexity index is 735. The van der Waals surface area contributed by atoms with Crippen LogP contribution in [0.1, 0.15) is 19.0 Å². The number of benzene rings is 1. The lowest BCUT2D eigenvalue weighted by Crippen LogP contribution is -2.24. The number of nitriles is 2. The smallest absolute Gasteiger partial charge is 0.323 e. The van der Waals surface area contributed by atoms with Crippen molar-refractivity contribution in [3.8, 4) is 13.1 Å². The predicted octanol–water partition coefficient (Wildman–Crippen LogP) is 1.79. The van der Waals surface area contributed by atoms with Gasteiger partial charge in [0.05, 0.1) is 17.2 Å². The molecule has 2 N–H and O–H groups in total. The third-order valence-corrected chi connectivity index (χ3v) is 2.72. The molecule has 1 aromatic heterocycles. The summed E-state index contributed by atoms with van der Waals surface area (Å²) in [5.74, 6) is 5.01. The van der Waals surface area contributed by atoms with Crippen molar-refractivity contribution in [3.05, 3.63) is 34.2 Å². The molecule has 0 fully saturated rings. The Labute approximate surface area is 125 Å². The largest absolute Gasteiger partial charge is 0.333 e. The van der Waals surface area contributed by atoms with E-state index in [1.165, 1.54) is 16.8 Å². The van der Waals surface area contributed by atoms with Gasteiger partial charge in [-0.3, -0.25) is 4.57 Å². The minimum Gasteiger partial charge on any atom is -0.323 e. The first-order valence-electron chi connectivity index (χ1n) is 5.88. The maximum Gasteiger partial charge on any atom is 0.333 e. The molecule has 0 radical (unpaired) electrons. The molecule has 0 bridgehead atoms. The Morgan fingerprint density at radius 3 is 2.36 bits per heavy atom. The van der Waals surface area contributed by atoms with E-state index in [-0.39, 0.29) is 5.52 Å². The number of imidazole rings is 1. The number of hydrogen-bond donors (Lipinski definition) is 1. The lowest BCUT2D eigenvalue weighted by atomic mass is 10.2. The van der Waals surface area contributed by atoms with E-state index in [0.29, 0.717) is 22.2 Å². The lowest BCUT2D eigenvalue weighted by molar-refractivity contribution is 0.0703. The molecule has 22 heavy (non-hydrogen) atoms. The second kappa shape index (κ2) is 8.87. The number of nitrogens with zero attached hydrogens (tertiary/aromatic N) is 5. The van der Waals surface area contributed by atoms with E-state index in [4.69, 9.17) is 16.4 Å². The van der Waals surface area contributed by atoms with Crippen molar-refractivity contribution in [2.75, 3.05) is 0 Å². The van der Waals surface area contributed by atoms with Gasteiger partial charge in [0, 0.05) is 19.7 Å². The van der Waals surface area contributed by atoms with Crippen molar-refractivity contribution in [2.24, 2.45) is 10.9 Å². The van der Waals surface area contributed by atoms with Crippen LogP contribution in [0.15, 0.2) is 28.1 Å². The van der Waals surface area contributed by atoms with Crippen molar-refractivity contribution in [3.63, 3.8) is 0 Å². The van der Waals surface area contributed by atoms with Crippen molar-refractivity contribution in [1.82, 2.24) is 9.13 Å². The zero-order valence-corrected chi connectivity index (χ0v) is 11.7. The summed E-state index contributed by atoms with van der Waals surface area (Å²) < 4.78 is 27.6. The van der Waals surface area contributed by atoms with Crippen LogP contribution in [-0.2, 0) is 6.54 Å². The summed E-state index contributed by atoms with van der Waals surface area (Å²) in [4.78, 5) is 11.8. The topological polar surface area (TPSA) is 113 Å². The zero-order valence-electron chi connectivity index (χ0n) is 11.7. The second-order valence-corrected chi connectivity index (χ2v) is 3.70. The molecule has 1 heterocycles. The highest BCUT2D eigenvalue weighted by Crippen LogP contribution is 2.20. The van der Waals surface area contributed by atoms with Gasteiger partial charge >= 0.3 is 12.2 Å². The number of rotatable bonds is 3. The number of hydrogen-bond acceptors (Lipinski definition) is 5. The average Bonchev–Trinajstić information content (AvgIpc) is 2.82. The number of aromatic nitrogens is 2. The van der Waals surface area contributed by atoms with Crippen LogP contribution in [0, 0.1) is 23.7 Å². The third kappa shape index (κ3) is 3.46. The summed E-state index contributed by atoms with van der Waals surface area (Å²) >= 11 is 0. The summed E-state index contributed by atoms with van der Waals surface area (Å²) in [6, 6.07) is 4.74. The minimum absolute atomic E-state index is 0.175. The van der Waals surface area contributed by atoms with Gasteiger partial charge in [-0.15, -0.1) is 0 Å². The SMILES string of the molecule is C#N.C#N.CCn1c(=O)n(C(F)F)c2cc(C=NN)ccc21. The van der Waals surface area contributed by atoms with Gasteiger partial charge in [0.15, 0.2) is 0 Å². The van der Waals surface area contributed by atoms with Crippen LogP contribution < -0.4 is 11.5 Å². The molecular weight excluding hydrogens is 294 g/mol. The molecule has 2 rings (SSSR count). The number of aryl methyl sites for hydroxylation is 1. The van der Waals surface area contributed by atoms with E-state index in [0.717, 1.165) is 0 Å². The Balaban J connectivity index is 0.00000102. The molecule has 0 aliphatic carbocycles. The first-order valence-corrected chi connectivity index (χ1v) is 5.88. The fraction of sp³-hybridized carbons (Fsp3) is 0.231. The molecule has 7 nitrogen and oxygen atoms in total. The van der Waals surface area contributed by atoms with Gasteiger partial charge in [0.1, 0.15) is 0 Å². The van der Waals surface area contributed by atoms with Gasteiger partial charge < -0.3 is 5.84 Å². The summed E-state index contributed by atoms with van der Waals surface area (Å²) in [7, 11) is 0. The summed E-state index contributed by atoms with van der Waals surface area (Å²) in [6.07, 6.45) is 1.34.